The first-order chi connectivity index (χ1) is 16.9. The third-order valence-corrected chi connectivity index (χ3v) is 7.76. The van der Waals surface area contributed by atoms with E-state index in [2.05, 4.69) is 22.3 Å². The second-order valence-corrected chi connectivity index (χ2v) is 10.2. The lowest BCUT2D eigenvalue weighted by atomic mass is 10.0. The van der Waals surface area contributed by atoms with Gasteiger partial charge in [0.05, 0.1) is 22.7 Å². The number of rotatable bonds is 8. The third-order valence-electron chi connectivity index (χ3n) is 7.02. The van der Waals surface area contributed by atoms with Crippen molar-refractivity contribution < 1.29 is 14.7 Å². The van der Waals surface area contributed by atoms with Crippen molar-refractivity contribution in [3.8, 4) is 0 Å². The number of halogens is 3. The molecule has 4 N–H and O–H groups in total. The molecule has 1 unspecified atom stereocenters. The number of amides is 2. The van der Waals surface area contributed by atoms with Crippen LogP contribution in [0.3, 0.4) is 0 Å². The highest BCUT2D eigenvalue weighted by atomic mass is 35.5. The molecule has 0 saturated carbocycles. The van der Waals surface area contributed by atoms with Crippen LogP contribution in [0.5, 0.6) is 0 Å². The van der Waals surface area contributed by atoms with Crippen LogP contribution in [0.25, 0.3) is 0 Å². The maximum Gasteiger partial charge on any atom is 0.245 e. The Morgan fingerprint density at radius 1 is 1.14 bits per heavy atom. The van der Waals surface area contributed by atoms with Crippen LogP contribution in [0.15, 0.2) is 48.5 Å². The van der Waals surface area contributed by atoms with Crippen LogP contribution in [-0.4, -0.2) is 70.6 Å². The van der Waals surface area contributed by atoms with Gasteiger partial charge in [-0.2, -0.15) is 0 Å². The number of aliphatic hydroxyl groups is 1. The van der Waals surface area contributed by atoms with Crippen LogP contribution in [-0.2, 0) is 22.6 Å². The first kappa shape index (κ1) is 28.7. The van der Waals surface area contributed by atoms with Crippen LogP contribution >= 0.6 is 35.6 Å². The first-order valence-electron chi connectivity index (χ1n) is 12.1. The molecular weight excluding hydrogens is 523 g/mol. The molecule has 0 bridgehead atoms. The van der Waals surface area contributed by atoms with E-state index < -0.39 is 18.6 Å². The number of nitrogens with zero attached hydrogens (tertiary/aromatic N) is 2. The molecule has 2 heterocycles. The van der Waals surface area contributed by atoms with Crippen LogP contribution in [0.2, 0.25) is 10.0 Å². The van der Waals surface area contributed by atoms with Gasteiger partial charge < -0.3 is 21.1 Å². The molecule has 7 nitrogen and oxygen atoms in total. The molecule has 4 atom stereocenters. The largest absolute Gasteiger partial charge is 0.394 e. The van der Waals surface area contributed by atoms with Gasteiger partial charge in [-0.05, 0) is 48.9 Å². The summed E-state index contributed by atoms with van der Waals surface area (Å²) in [6, 6.07) is 14.2. The summed E-state index contributed by atoms with van der Waals surface area (Å²) in [4.78, 5) is 30.4. The summed E-state index contributed by atoms with van der Waals surface area (Å²) < 4.78 is 0. The van der Waals surface area contributed by atoms with Gasteiger partial charge in [0.1, 0.15) is 6.04 Å². The molecule has 0 aliphatic carbocycles. The van der Waals surface area contributed by atoms with Gasteiger partial charge in [0.25, 0.3) is 0 Å². The van der Waals surface area contributed by atoms with E-state index in [1.165, 1.54) is 5.56 Å². The number of aliphatic hydroxyl groups excluding tert-OH is 1. The van der Waals surface area contributed by atoms with E-state index in [9.17, 15) is 14.7 Å². The number of hydrogen-bond donors (Lipinski definition) is 3. The van der Waals surface area contributed by atoms with Crippen molar-refractivity contribution in [2.45, 2.75) is 56.4 Å². The van der Waals surface area contributed by atoms with Crippen molar-refractivity contribution in [1.29, 1.82) is 0 Å². The zero-order valence-corrected chi connectivity index (χ0v) is 22.3. The lowest BCUT2D eigenvalue weighted by Crippen LogP contribution is -2.54. The highest BCUT2D eigenvalue weighted by Gasteiger charge is 2.45. The minimum absolute atomic E-state index is 0. The molecular formula is C26H33Cl3N4O3. The molecule has 10 heteroatoms. The predicted molar refractivity (Wildman–Crippen MR) is 144 cm³/mol. The summed E-state index contributed by atoms with van der Waals surface area (Å²) in [6.45, 7) is 0.837. The predicted octanol–water partition coefficient (Wildman–Crippen LogP) is 3.03. The van der Waals surface area contributed by atoms with E-state index >= 15 is 0 Å². The van der Waals surface area contributed by atoms with Crippen LogP contribution in [0.1, 0.15) is 30.4 Å². The van der Waals surface area contributed by atoms with Gasteiger partial charge in [0.15, 0.2) is 0 Å². The number of nitrogens with two attached hydrogens (primary N) is 1. The van der Waals surface area contributed by atoms with Crippen molar-refractivity contribution in [3.05, 3.63) is 69.7 Å². The standard InChI is InChI=1S/C26H32Cl2N4O3.ClH/c27-21-9-7-18(12-22(21)28)14-30-25(34)24(16-33)31-11-10-20(8-6-17-4-2-1-3-5-17)32-15-19(29)13-23(32)26(31)35;/h1-5,7,9,12,19-20,23-24,33H,6,8,10-11,13-16,29H2,(H,30,34);1H/t19-,20?,23+,24-;/m1./s1. The van der Waals surface area contributed by atoms with Gasteiger partial charge >= 0.3 is 0 Å². The van der Waals surface area contributed by atoms with Crippen molar-refractivity contribution in [3.63, 3.8) is 0 Å². The Morgan fingerprint density at radius 3 is 2.58 bits per heavy atom. The van der Waals surface area contributed by atoms with E-state index in [0.29, 0.717) is 29.6 Å². The molecule has 2 saturated heterocycles. The number of fused-ring (bicyclic) bond motifs is 1. The monoisotopic (exact) mass is 554 g/mol. The summed E-state index contributed by atoms with van der Waals surface area (Å²) in [5, 5.41) is 13.8. The lowest BCUT2D eigenvalue weighted by molar-refractivity contribution is -0.144. The second kappa shape index (κ2) is 13.1. The Morgan fingerprint density at radius 2 is 1.89 bits per heavy atom. The summed E-state index contributed by atoms with van der Waals surface area (Å²) in [5.74, 6) is -0.535. The summed E-state index contributed by atoms with van der Waals surface area (Å²) in [6.07, 6.45) is 3.09. The fourth-order valence-corrected chi connectivity index (χ4v) is 5.49. The minimum atomic E-state index is -0.961. The third kappa shape index (κ3) is 6.71. The van der Waals surface area contributed by atoms with Crippen molar-refractivity contribution in [2.24, 2.45) is 5.73 Å². The second-order valence-electron chi connectivity index (χ2n) is 9.37. The normalized spacial score (nSPS) is 22.9. The number of benzene rings is 2. The molecule has 2 aromatic carbocycles. The fraction of sp³-hybridized carbons (Fsp3) is 0.462. The number of hydrogen-bond acceptors (Lipinski definition) is 5. The number of carbonyl (C=O) groups is 2. The fourth-order valence-electron chi connectivity index (χ4n) is 5.17. The Bertz CT molecular complexity index is 1040. The van der Waals surface area contributed by atoms with Crippen LogP contribution in [0, 0.1) is 0 Å². The Hall–Kier alpha value is -1.87. The molecule has 0 spiro atoms. The van der Waals surface area contributed by atoms with Gasteiger partial charge in [0, 0.05) is 31.7 Å². The van der Waals surface area contributed by atoms with Crippen LogP contribution < -0.4 is 11.1 Å². The number of nitrogens with one attached hydrogen (secondary N) is 1. The molecule has 2 aliphatic heterocycles. The Labute approximate surface area is 228 Å². The van der Waals surface area contributed by atoms with Crippen LogP contribution in [0.4, 0.5) is 0 Å². The summed E-state index contributed by atoms with van der Waals surface area (Å²) in [5.41, 5.74) is 8.30. The quantitative estimate of drug-likeness (QED) is 0.465. The van der Waals surface area contributed by atoms with Gasteiger partial charge in [-0.25, -0.2) is 0 Å². The maximum absolute atomic E-state index is 13.6. The van der Waals surface area contributed by atoms with Gasteiger partial charge in [-0.3, -0.25) is 14.5 Å². The van der Waals surface area contributed by atoms with Gasteiger partial charge in [-0.1, -0.05) is 59.6 Å². The van der Waals surface area contributed by atoms with Crippen molar-refractivity contribution >= 4 is 47.4 Å². The average molecular weight is 556 g/mol. The van der Waals surface area contributed by atoms with E-state index in [1.54, 1.807) is 23.1 Å². The van der Waals surface area contributed by atoms with E-state index in [1.807, 2.05) is 18.2 Å². The molecule has 2 amide bonds. The maximum atomic E-state index is 13.6. The molecule has 196 valence electrons. The summed E-state index contributed by atoms with van der Waals surface area (Å²) >= 11 is 12.0. The van der Waals surface area contributed by atoms with E-state index in [0.717, 1.165) is 24.8 Å². The van der Waals surface area contributed by atoms with E-state index in [4.69, 9.17) is 28.9 Å². The first-order valence-corrected chi connectivity index (χ1v) is 12.8. The SMILES string of the molecule is Cl.N[C@@H]1C[C@H]2C(=O)N([C@H](CO)C(=O)NCc3ccc(Cl)c(Cl)c3)CCC(CCc3ccccc3)N2C1. The number of aryl methyl sites for hydroxylation is 1. The van der Waals surface area contributed by atoms with Crippen molar-refractivity contribution in [2.75, 3.05) is 19.7 Å². The Kier molecular flexibility index (Phi) is 10.4. The van der Waals surface area contributed by atoms with E-state index in [-0.39, 0.29) is 43.0 Å². The molecule has 36 heavy (non-hydrogen) atoms. The highest BCUT2D eigenvalue weighted by molar-refractivity contribution is 6.42. The molecule has 0 aromatic heterocycles. The molecule has 2 fully saturated rings. The zero-order valence-electron chi connectivity index (χ0n) is 20.0. The molecule has 0 radical (unpaired) electrons. The molecule has 4 rings (SSSR count). The smallest absolute Gasteiger partial charge is 0.245 e. The average Bonchev–Trinajstić information content (AvgIpc) is 3.20. The minimum Gasteiger partial charge on any atom is -0.394 e. The van der Waals surface area contributed by atoms with Gasteiger partial charge in [-0.15, -0.1) is 12.4 Å². The molecule has 2 aromatic rings. The highest BCUT2D eigenvalue weighted by Crippen LogP contribution is 2.29. The van der Waals surface area contributed by atoms with Crippen molar-refractivity contribution in [1.82, 2.24) is 15.1 Å². The summed E-state index contributed by atoms with van der Waals surface area (Å²) in [7, 11) is 0. The Balaban J connectivity index is 0.00000361. The lowest BCUT2D eigenvalue weighted by Gasteiger charge is -2.31. The topological polar surface area (TPSA) is 98.9 Å². The number of carbonyl (C=O) groups excluding carboxylic acids is 2. The molecule has 2 aliphatic rings. The zero-order chi connectivity index (χ0) is 24.9. The van der Waals surface area contributed by atoms with Gasteiger partial charge in [0.2, 0.25) is 11.8 Å².